The van der Waals surface area contributed by atoms with Crippen LogP contribution >= 0.6 is 22.9 Å². The van der Waals surface area contributed by atoms with Crippen molar-refractivity contribution < 1.29 is 14.2 Å². The summed E-state index contributed by atoms with van der Waals surface area (Å²) in [7, 11) is 0. The first-order valence-corrected chi connectivity index (χ1v) is 9.05. The quantitative estimate of drug-likeness (QED) is 0.230. The van der Waals surface area contributed by atoms with Crippen LogP contribution in [-0.4, -0.2) is 15.9 Å². The van der Waals surface area contributed by atoms with Crippen LogP contribution in [0.5, 0.6) is 0 Å². The standard InChI is InChI=1S/C19H13ClN2O4S/c1-12-19(22(24)25)17(26-21-12)8-9-18-14(10-11-27-18)4-7-16(23)13-2-5-15(20)6-3-13/h2-11H,1H3/b7-4+,9-8-. The molecule has 0 radical (unpaired) electrons. The summed E-state index contributed by atoms with van der Waals surface area (Å²) in [5, 5.41) is 17.1. The van der Waals surface area contributed by atoms with E-state index in [1.807, 2.05) is 11.4 Å². The normalized spacial score (nSPS) is 11.5. The number of nitro groups is 1. The number of allylic oxidation sites excluding steroid dienone is 1. The Balaban J connectivity index is 1.79. The lowest BCUT2D eigenvalue weighted by Gasteiger charge is -1.96. The second-order valence-electron chi connectivity index (χ2n) is 5.52. The molecule has 0 spiro atoms. The summed E-state index contributed by atoms with van der Waals surface area (Å²) in [5.41, 5.74) is 1.42. The van der Waals surface area contributed by atoms with Crippen molar-refractivity contribution in [3.8, 4) is 0 Å². The molecule has 0 aliphatic heterocycles. The third-order valence-corrected chi connectivity index (χ3v) is 4.85. The SMILES string of the molecule is Cc1noc(/C=C\c2sccc2/C=C/C(=O)c2ccc(Cl)cc2)c1[N+](=O)[O-]. The van der Waals surface area contributed by atoms with Crippen LogP contribution in [-0.2, 0) is 0 Å². The van der Waals surface area contributed by atoms with Gasteiger partial charge in [-0.25, -0.2) is 0 Å². The summed E-state index contributed by atoms with van der Waals surface area (Å²) < 4.78 is 5.00. The van der Waals surface area contributed by atoms with Gasteiger partial charge >= 0.3 is 5.69 Å². The van der Waals surface area contributed by atoms with Crippen molar-refractivity contribution in [2.75, 3.05) is 0 Å². The topological polar surface area (TPSA) is 86.2 Å². The molecule has 0 unspecified atom stereocenters. The highest BCUT2D eigenvalue weighted by atomic mass is 35.5. The van der Waals surface area contributed by atoms with Gasteiger partial charge in [-0.2, -0.15) is 0 Å². The van der Waals surface area contributed by atoms with Gasteiger partial charge in [0.25, 0.3) is 0 Å². The molecule has 2 aromatic heterocycles. The molecule has 3 aromatic rings. The smallest absolute Gasteiger partial charge is 0.338 e. The lowest BCUT2D eigenvalue weighted by atomic mass is 10.1. The molecule has 0 saturated carbocycles. The molecule has 1 aromatic carbocycles. The monoisotopic (exact) mass is 400 g/mol. The Bertz CT molecular complexity index is 1050. The van der Waals surface area contributed by atoms with E-state index in [0.29, 0.717) is 10.6 Å². The van der Waals surface area contributed by atoms with Crippen molar-refractivity contribution in [1.82, 2.24) is 5.16 Å². The molecule has 0 fully saturated rings. The van der Waals surface area contributed by atoms with Crippen molar-refractivity contribution in [1.29, 1.82) is 0 Å². The molecule has 0 saturated heterocycles. The van der Waals surface area contributed by atoms with Gasteiger partial charge in [-0.3, -0.25) is 14.9 Å². The molecule has 0 aliphatic carbocycles. The van der Waals surface area contributed by atoms with Gasteiger partial charge in [0.1, 0.15) is 0 Å². The average Bonchev–Trinajstić information content (AvgIpc) is 3.24. The lowest BCUT2D eigenvalue weighted by molar-refractivity contribution is -0.386. The van der Waals surface area contributed by atoms with Gasteiger partial charge < -0.3 is 4.52 Å². The minimum absolute atomic E-state index is 0.0815. The van der Waals surface area contributed by atoms with E-state index in [1.165, 1.54) is 30.4 Å². The van der Waals surface area contributed by atoms with E-state index in [9.17, 15) is 14.9 Å². The van der Waals surface area contributed by atoms with Crippen LogP contribution in [0, 0.1) is 17.0 Å². The molecule has 8 heteroatoms. The van der Waals surface area contributed by atoms with Crippen LogP contribution in [0.15, 0.2) is 46.3 Å². The molecule has 0 atom stereocenters. The predicted octanol–water partition coefficient (Wildman–Crippen LogP) is 5.67. The molecular formula is C19H13ClN2O4S. The molecule has 0 aliphatic rings. The first-order valence-electron chi connectivity index (χ1n) is 7.80. The van der Waals surface area contributed by atoms with E-state index in [0.717, 1.165) is 10.4 Å². The van der Waals surface area contributed by atoms with Crippen LogP contribution < -0.4 is 0 Å². The summed E-state index contributed by atoms with van der Waals surface area (Å²) in [5.74, 6) is -0.0626. The largest absolute Gasteiger partial charge is 0.349 e. The van der Waals surface area contributed by atoms with Gasteiger partial charge in [0.05, 0.1) is 4.92 Å². The van der Waals surface area contributed by atoms with Crippen molar-refractivity contribution in [3.05, 3.63) is 84.4 Å². The second-order valence-corrected chi connectivity index (χ2v) is 6.90. The van der Waals surface area contributed by atoms with E-state index in [4.69, 9.17) is 16.1 Å². The molecule has 6 nitrogen and oxygen atoms in total. The van der Waals surface area contributed by atoms with Gasteiger partial charge in [-0.1, -0.05) is 16.8 Å². The molecule has 136 valence electrons. The zero-order valence-electron chi connectivity index (χ0n) is 14.1. The molecule has 0 N–H and O–H groups in total. The average molecular weight is 401 g/mol. The maximum Gasteiger partial charge on any atom is 0.338 e. The van der Waals surface area contributed by atoms with E-state index >= 15 is 0 Å². The fourth-order valence-corrected chi connectivity index (χ4v) is 3.25. The number of ketones is 1. The number of nitrogens with zero attached hydrogens (tertiary/aromatic N) is 2. The second kappa shape index (κ2) is 8.11. The third-order valence-electron chi connectivity index (χ3n) is 3.70. The number of hydrogen-bond donors (Lipinski definition) is 0. The van der Waals surface area contributed by atoms with E-state index in [-0.39, 0.29) is 22.9 Å². The maximum atomic E-state index is 12.2. The first kappa shape index (κ1) is 18.8. The fraction of sp³-hybridized carbons (Fsp3) is 0.0526. The van der Waals surface area contributed by atoms with Crippen molar-refractivity contribution >= 4 is 52.6 Å². The summed E-state index contributed by atoms with van der Waals surface area (Å²) in [4.78, 5) is 23.6. The number of benzene rings is 1. The number of aromatic nitrogens is 1. The maximum absolute atomic E-state index is 12.2. The molecule has 0 amide bonds. The van der Waals surface area contributed by atoms with Gasteiger partial charge in [-0.05, 0) is 72.5 Å². The minimum Gasteiger partial charge on any atom is -0.349 e. The van der Waals surface area contributed by atoms with E-state index in [2.05, 4.69) is 5.16 Å². The van der Waals surface area contributed by atoms with Crippen molar-refractivity contribution in [2.45, 2.75) is 6.92 Å². The number of carbonyl (C=O) groups is 1. The fourth-order valence-electron chi connectivity index (χ4n) is 2.35. The molecular weight excluding hydrogens is 388 g/mol. The Morgan fingerprint density at radius 2 is 1.96 bits per heavy atom. The highest BCUT2D eigenvalue weighted by molar-refractivity contribution is 7.11. The molecule has 2 heterocycles. The summed E-state index contributed by atoms with van der Waals surface area (Å²) >= 11 is 7.26. The Morgan fingerprint density at radius 3 is 2.67 bits per heavy atom. The van der Waals surface area contributed by atoms with Gasteiger partial charge in [0.2, 0.25) is 5.76 Å². The number of halogens is 1. The Kier molecular flexibility index (Phi) is 5.63. The highest BCUT2D eigenvalue weighted by Gasteiger charge is 2.22. The van der Waals surface area contributed by atoms with Crippen LogP contribution in [0.2, 0.25) is 5.02 Å². The molecule has 3 rings (SSSR count). The Labute approximate surface area is 163 Å². The summed E-state index contributed by atoms with van der Waals surface area (Å²) in [6.45, 7) is 1.51. The lowest BCUT2D eigenvalue weighted by Crippen LogP contribution is -1.93. The number of rotatable bonds is 6. The summed E-state index contributed by atoms with van der Waals surface area (Å²) in [6, 6.07) is 8.50. The van der Waals surface area contributed by atoms with Crippen LogP contribution in [0.3, 0.4) is 0 Å². The predicted molar refractivity (Wildman–Crippen MR) is 106 cm³/mol. The Hall–Kier alpha value is -3.03. The van der Waals surface area contributed by atoms with Gasteiger partial charge in [-0.15, -0.1) is 11.3 Å². The van der Waals surface area contributed by atoms with Crippen LogP contribution in [0.25, 0.3) is 18.2 Å². The molecule has 27 heavy (non-hydrogen) atoms. The number of aryl methyl sites for hydroxylation is 1. The van der Waals surface area contributed by atoms with E-state index in [1.54, 1.807) is 36.4 Å². The third kappa shape index (κ3) is 4.39. The van der Waals surface area contributed by atoms with E-state index < -0.39 is 4.92 Å². The summed E-state index contributed by atoms with van der Waals surface area (Å²) in [6.07, 6.45) is 6.38. The zero-order valence-corrected chi connectivity index (χ0v) is 15.7. The van der Waals surface area contributed by atoms with Crippen molar-refractivity contribution in [2.24, 2.45) is 0 Å². The van der Waals surface area contributed by atoms with Gasteiger partial charge in [0, 0.05) is 15.5 Å². The van der Waals surface area contributed by atoms with Crippen LogP contribution in [0.4, 0.5) is 5.69 Å². The first-order chi connectivity index (χ1) is 13.0. The number of carbonyl (C=O) groups excluding carboxylic acids is 1. The van der Waals surface area contributed by atoms with Gasteiger partial charge in [0.15, 0.2) is 11.5 Å². The number of thiophene rings is 1. The number of hydrogen-bond acceptors (Lipinski definition) is 6. The van der Waals surface area contributed by atoms with Crippen molar-refractivity contribution in [3.63, 3.8) is 0 Å². The minimum atomic E-state index is -0.522. The zero-order chi connectivity index (χ0) is 19.4. The Morgan fingerprint density at radius 1 is 1.22 bits per heavy atom. The van der Waals surface area contributed by atoms with Crippen LogP contribution in [0.1, 0.15) is 32.3 Å². The highest BCUT2D eigenvalue weighted by Crippen LogP contribution is 2.27. The molecule has 0 bridgehead atoms.